The Hall–Kier alpha value is -3.41. The van der Waals surface area contributed by atoms with Crippen LogP contribution in [0.3, 0.4) is 0 Å². The van der Waals surface area contributed by atoms with E-state index in [-0.39, 0.29) is 11.3 Å². The second kappa shape index (κ2) is 8.14. The predicted octanol–water partition coefficient (Wildman–Crippen LogP) is 3.97. The number of aryl methyl sites for hydroxylation is 1. The number of amides is 1. The molecule has 0 fully saturated rings. The Morgan fingerprint density at radius 1 is 1.20 bits per heavy atom. The summed E-state index contributed by atoms with van der Waals surface area (Å²) < 4.78 is 0. The highest BCUT2D eigenvalue weighted by molar-refractivity contribution is 6.53. The molecule has 2 aliphatic rings. The van der Waals surface area contributed by atoms with Crippen molar-refractivity contribution in [2.75, 3.05) is 23.0 Å². The van der Waals surface area contributed by atoms with Gasteiger partial charge >= 0.3 is 5.97 Å². The van der Waals surface area contributed by atoms with E-state index in [1.165, 1.54) is 11.3 Å². The number of fused-ring (bicyclic) bond motifs is 1. The Bertz CT molecular complexity index is 1040. The Morgan fingerprint density at radius 2 is 1.97 bits per heavy atom. The van der Waals surface area contributed by atoms with Crippen molar-refractivity contribution in [2.45, 2.75) is 26.7 Å². The van der Waals surface area contributed by atoms with Gasteiger partial charge in [0.25, 0.3) is 5.91 Å². The van der Waals surface area contributed by atoms with E-state index in [0.717, 1.165) is 36.5 Å². The number of hydrogen-bond acceptors (Lipinski definition) is 4. The molecule has 2 aromatic rings. The molecule has 1 N–H and O–H groups in total. The molecule has 0 saturated heterocycles. The van der Waals surface area contributed by atoms with E-state index in [1.54, 1.807) is 30.3 Å². The molecular formula is C24H25N3O3. The summed E-state index contributed by atoms with van der Waals surface area (Å²) >= 11 is 0. The van der Waals surface area contributed by atoms with Crippen molar-refractivity contribution < 1.29 is 14.7 Å². The van der Waals surface area contributed by atoms with Crippen molar-refractivity contribution in [3.8, 4) is 0 Å². The minimum atomic E-state index is -1.21. The number of benzene rings is 2. The second-order valence-electron chi connectivity index (χ2n) is 8.10. The molecule has 6 heteroatoms. The molecule has 0 atom stereocenters. The average Bonchev–Trinajstić information content (AvgIpc) is 3.05. The summed E-state index contributed by atoms with van der Waals surface area (Å²) in [6.45, 7) is 6.48. The van der Waals surface area contributed by atoms with Crippen LogP contribution in [0.1, 0.15) is 31.4 Å². The van der Waals surface area contributed by atoms with Crippen molar-refractivity contribution in [3.63, 3.8) is 0 Å². The quantitative estimate of drug-likeness (QED) is 0.767. The molecule has 0 aliphatic carbocycles. The number of hydrazone groups is 1. The van der Waals surface area contributed by atoms with Gasteiger partial charge in [0.15, 0.2) is 5.71 Å². The first-order valence-corrected chi connectivity index (χ1v) is 10.3. The molecule has 30 heavy (non-hydrogen) atoms. The summed E-state index contributed by atoms with van der Waals surface area (Å²) in [4.78, 5) is 27.1. The van der Waals surface area contributed by atoms with Gasteiger partial charge in [0.2, 0.25) is 0 Å². The molecule has 0 saturated carbocycles. The number of carboxylic acids is 1. The van der Waals surface area contributed by atoms with Crippen LogP contribution in [0, 0.1) is 5.92 Å². The van der Waals surface area contributed by atoms with Gasteiger partial charge < -0.3 is 10.0 Å². The highest BCUT2D eigenvalue weighted by Gasteiger charge is 2.35. The first-order chi connectivity index (χ1) is 14.4. The van der Waals surface area contributed by atoms with Gasteiger partial charge in [-0.25, -0.2) is 4.79 Å². The van der Waals surface area contributed by atoms with Gasteiger partial charge in [-0.15, -0.1) is 0 Å². The molecule has 4 rings (SSSR count). The third-order valence-electron chi connectivity index (χ3n) is 5.30. The van der Waals surface area contributed by atoms with Gasteiger partial charge in [-0.05, 0) is 60.2 Å². The summed E-state index contributed by atoms with van der Waals surface area (Å²) in [7, 11) is 0. The molecular weight excluding hydrogens is 378 g/mol. The summed E-state index contributed by atoms with van der Waals surface area (Å²) in [5.74, 6) is -1.07. The maximum Gasteiger partial charge on any atom is 0.357 e. The van der Waals surface area contributed by atoms with Crippen LogP contribution in [-0.4, -0.2) is 35.8 Å². The minimum absolute atomic E-state index is 0.0983. The van der Waals surface area contributed by atoms with Crippen LogP contribution in [0.2, 0.25) is 0 Å². The number of hydrogen-bond donors (Lipinski definition) is 1. The van der Waals surface area contributed by atoms with Crippen LogP contribution < -0.4 is 9.91 Å². The van der Waals surface area contributed by atoms with E-state index in [0.29, 0.717) is 11.6 Å². The molecule has 2 aromatic carbocycles. The monoisotopic (exact) mass is 403 g/mol. The van der Waals surface area contributed by atoms with Crippen molar-refractivity contribution in [1.29, 1.82) is 0 Å². The Balaban J connectivity index is 1.68. The fourth-order valence-electron chi connectivity index (χ4n) is 4.03. The van der Waals surface area contributed by atoms with E-state index >= 15 is 0 Å². The predicted molar refractivity (Wildman–Crippen MR) is 119 cm³/mol. The fraction of sp³-hybridized carbons (Fsp3) is 0.292. The maximum atomic E-state index is 13.0. The third-order valence-corrected chi connectivity index (χ3v) is 5.30. The lowest BCUT2D eigenvalue weighted by molar-refractivity contribution is -0.129. The molecule has 0 bridgehead atoms. The van der Waals surface area contributed by atoms with Crippen LogP contribution in [0.5, 0.6) is 0 Å². The van der Waals surface area contributed by atoms with Crippen LogP contribution >= 0.6 is 0 Å². The lowest BCUT2D eigenvalue weighted by Gasteiger charge is -2.33. The minimum Gasteiger partial charge on any atom is -0.476 e. The number of nitrogens with zero attached hydrogens (tertiary/aromatic N) is 3. The van der Waals surface area contributed by atoms with Gasteiger partial charge in [-0.1, -0.05) is 38.1 Å². The molecule has 1 amide bonds. The molecule has 6 nitrogen and oxygen atoms in total. The van der Waals surface area contributed by atoms with Gasteiger partial charge in [-0.3, -0.25) is 4.79 Å². The SMILES string of the molecule is CC(C)CN1CCCc2cc(/C=C3\C(=O)N(c4ccccc4)N=C3C(=O)O)ccc21. The van der Waals surface area contributed by atoms with Crippen molar-refractivity contribution >= 4 is 35.0 Å². The number of aliphatic carboxylic acids is 1. The summed E-state index contributed by atoms with van der Waals surface area (Å²) in [5, 5.41) is 14.8. The Kier molecular flexibility index (Phi) is 5.40. The van der Waals surface area contributed by atoms with E-state index in [2.05, 4.69) is 36.0 Å². The fourth-order valence-corrected chi connectivity index (χ4v) is 4.03. The molecule has 0 spiro atoms. The van der Waals surface area contributed by atoms with Crippen molar-refractivity contribution in [2.24, 2.45) is 11.0 Å². The Morgan fingerprint density at radius 3 is 2.67 bits per heavy atom. The van der Waals surface area contributed by atoms with Gasteiger partial charge in [-0.2, -0.15) is 10.1 Å². The van der Waals surface area contributed by atoms with Gasteiger partial charge in [0.1, 0.15) is 0 Å². The van der Waals surface area contributed by atoms with Crippen LogP contribution in [0.4, 0.5) is 11.4 Å². The van der Waals surface area contributed by atoms with E-state index in [1.807, 2.05) is 12.1 Å². The van der Waals surface area contributed by atoms with E-state index in [4.69, 9.17) is 0 Å². The number of carbonyl (C=O) groups is 2. The zero-order valence-electron chi connectivity index (χ0n) is 17.2. The van der Waals surface area contributed by atoms with E-state index in [9.17, 15) is 14.7 Å². The number of rotatable bonds is 5. The first kappa shape index (κ1) is 19.9. The highest BCUT2D eigenvalue weighted by Crippen LogP contribution is 2.30. The van der Waals surface area contributed by atoms with E-state index < -0.39 is 11.9 Å². The molecule has 154 valence electrons. The van der Waals surface area contributed by atoms with Crippen LogP contribution in [0.15, 0.2) is 59.2 Å². The van der Waals surface area contributed by atoms with Crippen molar-refractivity contribution in [1.82, 2.24) is 0 Å². The first-order valence-electron chi connectivity index (χ1n) is 10.3. The lowest BCUT2D eigenvalue weighted by Crippen LogP contribution is -2.32. The molecule has 0 radical (unpaired) electrons. The van der Waals surface area contributed by atoms with Crippen molar-refractivity contribution in [3.05, 3.63) is 65.2 Å². The number of para-hydroxylation sites is 1. The highest BCUT2D eigenvalue weighted by atomic mass is 16.4. The van der Waals surface area contributed by atoms with Gasteiger partial charge in [0.05, 0.1) is 11.3 Å². The molecule has 2 heterocycles. The third kappa shape index (κ3) is 3.85. The zero-order chi connectivity index (χ0) is 21.3. The summed E-state index contributed by atoms with van der Waals surface area (Å²) in [5.41, 5.74) is 3.68. The zero-order valence-corrected chi connectivity index (χ0v) is 17.2. The average molecular weight is 403 g/mol. The second-order valence-corrected chi connectivity index (χ2v) is 8.10. The largest absolute Gasteiger partial charge is 0.476 e. The summed E-state index contributed by atoms with van der Waals surface area (Å²) in [6, 6.07) is 14.9. The summed E-state index contributed by atoms with van der Waals surface area (Å²) in [6.07, 6.45) is 3.70. The smallest absolute Gasteiger partial charge is 0.357 e. The van der Waals surface area contributed by atoms with Crippen LogP contribution in [-0.2, 0) is 16.0 Å². The van der Waals surface area contributed by atoms with Crippen LogP contribution in [0.25, 0.3) is 6.08 Å². The topological polar surface area (TPSA) is 73.2 Å². The van der Waals surface area contributed by atoms with Gasteiger partial charge in [0, 0.05) is 18.8 Å². The number of carbonyl (C=O) groups excluding carboxylic acids is 1. The lowest BCUT2D eigenvalue weighted by atomic mass is 9.97. The molecule has 0 aromatic heterocycles. The Labute approximate surface area is 176 Å². The normalized spacial score (nSPS) is 17.5. The molecule has 2 aliphatic heterocycles. The standard InChI is InChI=1S/C24H25N3O3/c1-16(2)15-26-12-6-7-18-13-17(10-11-21(18)26)14-20-22(24(29)30)25-27(23(20)28)19-8-4-3-5-9-19/h3-5,8-11,13-14,16H,6-7,12,15H2,1-2H3,(H,29,30)/b20-14-. The number of carboxylic acid groups (broad SMARTS) is 1. The molecule has 0 unspecified atom stereocenters. The maximum absolute atomic E-state index is 13.0. The number of anilines is 2.